The standard InChI is InChI=1S/C17H26N2O/c1-2-13(14-7-4-3-5-8-14)11-17(20)19-16-10-6-9-15(16)12-18/h3-5,7-8,13,15-16H,2,6,9-12,18H2,1H3,(H,19,20). The van der Waals surface area contributed by atoms with Crippen LogP contribution in [-0.2, 0) is 4.79 Å². The fraction of sp³-hybridized carbons (Fsp3) is 0.588. The Kier molecular flexibility index (Phi) is 5.60. The molecule has 3 atom stereocenters. The minimum Gasteiger partial charge on any atom is -0.353 e. The van der Waals surface area contributed by atoms with Gasteiger partial charge in [0.15, 0.2) is 0 Å². The van der Waals surface area contributed by atoms with Crippen LogP contribution >= 0.6 is 0 Å². The van der Waals surface area contributed by atoms with Gasteiger partial charge < -0.3 is 11.1 Å². The highest BCUT2D eigenvalue weighted by atomic mass is 16.1. The number of amides is 1. The van der Waals surface area contributed by atoms with Crippen molar-refractivity contribution in [2.75, 3.05) is 6.54 Å². The zero-order valence-corrected chi connectivity index (χ0v) is 12.3. The van der Waals surface area contributed by atoms with Crippen molar-refractivity contribution in [3.63, 3.8) is 0 Å². The zero-order valence-electron chi connectivity index (χ0n) is 12.3. The number of nitrogens with two attached hydrogens (primary N) is 1. The lowest BCUT2D eigenvalue weighted by atomic mass is 9.92. The van der Waals surface area contributed by atoms with Gasteiger partial charge >= 0.3 is 0 Å². The number of hydrogen-bond acceptors (Lipinski definition) is 2. The quantitative estimate of drug-likeness (QED) is 0.838. The molecule has 20 heavy (non-hydrogen) atoms. The van der Waals surface area contributed by atoms with Crippen molar-refractivity contribution in [2.45, 2.75) is 51.0 Å². The van der Waals surface area contributed by atoms with E-state index in [1.165, 1.54) is 12.0 Å². The SMILES string of the molecule is CCC(CC(=O)NC1CCCC1CN)c1ccccc1. The van der Waals surface area contributed by atoms with E-state index in [2.05, 4.69) is 24.4 Å². The molecule has 0 heterocycles. The lowest BCUT2D eigenvalue weighted by molar-refractivity contribution is -0.122. The van der Waals surface area contributed by atoms with Crippen LogP contribution in [0.2, 0.25) is 0 Å². The molecule has 1 amide bonds. The van der Waals surface area contributed by atoms with Gasteiger partial charge in [0, 0.05) is 12.5 Å². The maximum absolute atomic E-state index is 12.3. The molecule has 0 radical (unpaired) electrons. The van der Waals surface area contributed by atoms with E-state index in [-0.39, 0.29) is 5.91 Å². The predicted octanol–water partition coefficient (Wildman–Crippen LogP) is 2.81. The second-order valence-corrected chi connectivity index (χ2v) is 5.82. The molecule has 1 aromatic rings. The minimum atomic E-state index is 0.172. The summed E-state index contributed by atoms with van der Waals surface area (Å²) in [6.07, 6.45) is 4.98. The van der Waals surface area contributed by atoms with Gasteiger partial charge in [-0.2, -0.15) is 0 Å². The molecular formula is C17H26N2O. The zero-order chi connectivity index (χ0) is 14.4. The molecule has 0 saturated heterocycles. The van der Waals surface area contributed by atoms with Crippen LogP contribution in [0.15, 0.2) is 30.3 Å². The van der Waals surface area contributed by atoms with E-state index >= 15 is 0 Å². The Balaban J connectivity index is 1.90. The molecular weight excluding hydrogens is 248 g/mol. The number of carbonyl (C=O) groups is 1. The molecule has 0 aliphatic heterocycles. The molecule has 0 spiro atoms. The van der Waals surface area contributed by atoms with Gasteiger partial charge in [-0.1, -0.05) is 43.7 Å². The van der Waals surface area contributed by atoms with Crippen LogP contribution in [0.4, 0.5) is 0 Å². The number of carbonyl (C=O) groups excluding carboxylic acids is 1. The van der Waals surface area contributed by atoms with Crippen molar-refractivity contribution in [1.29, 1.82) is 0 Å². The summed E-state index contributed by atoms with van der Waals surface area (Å²) < 4.78 is 0. The highest BCUT2D eigenvalue weighted by Gasteiger charge is 2.27. The first kappa shape index (κ1) is 15.0. The molecule has 1 fully saturated rings. The summed E-state index contributed by atoms with van der Waals surface area (Å²) in [6, 6.07) is 10.6. The van der Waals surface area contributed by atoms with E-state index in [0.717, 1.165) is 19.3 Å². The third kappa shape index (κ3) is 3.83. The highest BCUT2D eigenvalue weighted by Crippen LogP contribution is 2.26. The topological polar surface area (TPSA) is 55.1 Å². The van der Waals surface area contributed by atoms with Crippen molar-refractivity contribution in [3.05, 3.63) is 35.9 Å². The van der Waals surface area contributed by atoms with E-state index in [4.69, 9.17) is 5.73 Å². The molecule has 110 valence electrons. The highest BCUT2D eigenvalue weighted by molar-refractivity contribution is 5.77. The number of hydrogen-bond donors (Lipinski definition) is 2. The van der Waals surface area contributed by atoms with Crippen LogP contribution < -0.4 is 11.1 Å². The number of rotatable bonds is 6. The molecule has 1 saturated carbocycles. The van der Waals surface area contributed by atoms with Crippen molar-refractivity contribution in [1.82, 2.24) is 5.32 Å². The van der Waals surface area contributed by atoms with Crippen molar-refractivity contribution >= 4 is 5.91 Å². The molecule has 3 N–H and O–H groups in total. The van der Waals surface area contributed by atoms with Gasteiger partial charge in [-0.05, 0) is 43.2 Å². The maximum Gasteiger partial charge on any atom is 0.220 e. The Bertz CT molecular complexity index is 418. The van der Waals surface area contributed by atoms with Gasteiger partial charge in [0.1, 0.15) is 0 Å². The van der Waals surface area contributed by atoms with Gasteiger partial charge in [0.25, 0.3) is 0 Å². The second-order valence-electron chi connectivity index (χ2n) is 5.82. The Hall–Kier alpha value is -1.35. The molecule has 3 nitrogen and oxygen atoms in total. The molecule has 3 unspecified atom stereocenters. The smallest absolute Gasteiger partial charge is 0.220 e. The van der Waals surface area contributed by atoms with Crippen LogP contribution in [0, 0.1) is 5.92 Å². The van der Waals surface area contributed by atoms with E-state index < -0.39 is 0 Å². The van der Waals surface area contributed by atoms with Crippen LogP contribution in [0.3, 0.4) is 0 Å². The predicted molar refractivity (Wildman–Crippen MR) is 82.4 cm³/mol. The summed E-state index contributed by atoms with van der Waals surface area (Å²) in [5, 5.41) is 3.20. The van der Waals surface area contributed by atoms with Gasteiger partial charge in [-0.25, -0.2) is 0 Å². The van der Waals surface area contributed by atoms with Gasteiger partial charge in [-0.15, -0.1) is 0 Å². The molecule has 1 aromatic carbocycles. The second kappa shape index (κ2) is 7.44. The first-order chi connectivity index (χ1) is 9.74. The van der Waals surface area contributed by atoms with Crippen molar-refractivity contribution in [3.8, 4) is 0 Å². The van der Waals surface area contributed by atoms with Crippen LogP contribution in [0.5, 0.6) is 0 Å². The van der Waals surface area contributed by atoms with Gasteiger partial charge in [0.05, 0.1) is 0 Å². The Morgan fingerprint density at radius 2 is 2.10 bits per heavy atom. The largest absolute Gasteiger partial charge is 0.353 e. The Morgan fingerprint density at radius 3 is 2.75 bits per heavy atom. The van der Waals surface area contributed by atoms with Crippen LogP contribution in [-0.4, -0.2) is 18.5 Å². The Labute approximate surface area is 121 Å². The molecule has 3 heteroatoms. The summed E-state index contributed by atoms with van der Waals surface area (Å²) in [5.41, 5.74) is 7.02. The normalized spacial score (nSPS) is 23.5. The lowest BCUT2D eigenvalue weighted by Gasteiger charge is -2.21. The average Bonchev–Trinajstić information content (AvgIpc) is 2.92. The van der Waals surface area contributed by atoms with Gasteiger partial charge in [0.2, 0.25) is 5.91 Å². The third-order valence-corrected chi connectivity index (χ3v) is 4.50. The first-order valence-corrected chi connectivity index (χ1v) is 7.79. The Morgan fingerprint density at radius 1 is 1.35 bits per heavy atom. The summed E-state index contributed by atoms with van der Waals surface area (Å²) >= 11 is 0. The van der Waals surface area contributed by atoms with Gasteiger partial charge in [-0.3, -0.25) is 4.79 Å². The fourth-order valence-corrected chi connectivity index (χ4v) is 3.22. The first-order valence-electron chi connectivity index (χ1n) is 7.79. The van der Waals surface area contributed by atoms with E-state index in [1.54, 1.807) is 0 Å². The van der Waals surface area contributed by atoms with Crippen molar-refractivity contribution < 1.29 is 4.79 Å². The van der Waals surface area contributed by atoms with E-state index in [1.807, 2.05) is 18.2 Å². The molecule has 1 aliphatic rings. The summed E-state index contributed by atoms with van der Waals surface area (Å²) in [5.74, 6) is 0.954. The molecule has 2 rings (SSSR count). The fourth-order valence-electron chi connectivity index (χ4n) is 3.22. The number of benzene rings is 1. The maximum atomic E-state index is 12.3. The molecule has 0 aromatic heterocycles. The average molecular weight is 274 g/mol. The third-order valence-electron chi connectivity index (χ3n) is 4.50. The van der Waals surface area contributed by atoms with Crippen LogP contribution in [0.25, 0.3) is 0 Å². The van der Waals surface area contributed by atoms with E-state index in [0.29, 0.717) is 30.8 Å². The van der Waals surface area contributed by atoms with Crippen molar-refractivity contribution in [2.24, 2.45) is 11.7 Å². The van der Waals surface area contributed by atoms with Crippen LogP contribution in [0.1, 0.15) is 50.5 Å². The lowest BCUT2D eigenvalue weighted by Crippen LogP contribution is -2.40. The monoisotopic (exact) mass is 274 g/mol. The number of nitrogens with one attached hydrogen (secondary N) is 1. The summed E-state index contributed by atoms with van der Waals surface area (Å²) in [6.45, 7) is 2.82. The summed E-state index contributed by atoms with van der Waals surface area (Å²) in [7, 11) is 0. The van der Waals surface area contributed by atoms with E-state index in [9.17, 15) is 4.79 Å². The molecule has 0 bridgehead atoms. The minimum absolute atomic E-state index is 0.172. The summed E-state index contributed by atoms with van der Waals surface area (Å²) in [4.78, 5) is 12.3. The molecule has 1 aliphatic carbocycles.